The van der Waals surface area contributed by atoms with E-state index in [1.165, 1.54) is 0 Å². The summed E-state index contributed by atoms with van der Waals surface area (Å²) in [6.45, 7) is 8.30. The number of carbonyl (C=O) groups excluding carboxylic acids is 1. The first-order valence-corrected chi connectivity index (χ1v) is 10.9. The Labute approximate surface area is 170 Å². The van der Waals surface area contributed by atoms with Crippen molar-refractivity contribution < 1.29 is 9.53 Å². The van der Waals surface area contributed by atoms with Crippen LogP contribution in [0.25, 0.3) is 10.4 Å². The van der Waals surface area contributed by atoms with Gasteiger partial charge in [0.05, 0.1) is 29.3 Å². The molecule has 2 aromatic rings. The van der Waals surface area contributed by atoms with Crippen molar-refractivity contribution in [2.45, 2.75) is 58.8 Å². The van der Waals surface area contributed by atoms with E-state index < -0.39 is 0 Å². The molecular formula is C21H28N4O2S. The van der Waals surface area contributed by atoms with Gasteiger partial charge in [-0.15, -0.1) is 0 Å². The van der Waals surface area contributed by atoms with E-state index >= 15 is 0 Å². The zero-order valence-corrected chi connectivity index (χ0v) is 17.6. The van der Waals surface area contributed by atoms with Crippen LogP contribution in [-0.2, 0) is 16.1 Å². The fourth-order valence-electron chi connectivity index (χ4n) is 3.74. The number of morpholine rings is 1. The van der Waals surface area contributed by atoms with E-state index in [9.17, 15) is 4.79 Å². The summed E-state index contributed by atoms with van der Waals surface area (Å²) in [7, 11) is 0. The summed E-state index contributed by atoms with van der Waals surface area (Å²) in [4.78, 5) is 25.1. The van der Waals surface area contributed by atoms with E-state index in [2.05, 4.69) is 35.1 Å². The molecule has 2 fully saturated rings. The lowest BCUT2D eigenvalue weighted by Gasteiger charge is -2.35. The van der Waals surface area contributed by atoms with Gasteiger partial charge >= 0.3 is 0 Å². The van der Waals surface area contributed by atoms with Gasteiger partial charge in [0.15, 0.2) is 5.13 Å². The van der Waals surface area contributed by atoms with Gasteiger partial charge in [-0.2, -0.15) is 0 Å². The Morgan fingerprint density at radius 1 is 1.29 bits per heavy atom. The number of nitrogens with zero attached hydrogens (tertiary/aromatic N) is 3. The molecule has 1 saturated carbocycles. The lowest BCUT2D eigenvalue weighted by molar-refractivity contribution is -0.127. The quantitative estimate of drug-likeness (QED) is 0.831. The zero-order chi connectivity index (χ0) is 19.7. The molecule has 4 rings (SSSR count). The highest BCUT2D eigenvalue weighted by Crippen LogP contribution is 2.36. The predicted molar refractivity (Wildman–Crippen MR) is 111 cm³/mol. The molecule has 2 atom stereocenters. The van der Waals surface area contributed by atoms with Crippen LogP contribution in [0.1, 0.15) is 44.5 Å². The third-order valence-corrected chi connectivity index (χ3v) is 6.66. The van der Waals surface area contributed by atoms with Crippen LogP contribution in [0.5, 0.6) is 0 Å². The largest absolute Gasteiger partial charge is 0.372 e. The van der Waals surface area contributed by atoms with E-state index in [-0.39, 0.29) is 24.0 Å². The fourth-order valence-corrected chi connectivity index (χ4v) is 4.83. The molecule has 3 heterocycles. The summed E-state index contributed by atoms with van der Waals surface area (Å²) in [5, 5.41) is 4.09. The van der Waals surface area contributed by atoms with Gasteiger partial charge in [0.25, 0.3) is 0 Å². The van der Waals surface area contributed by atoms with E-state index in [4.69, 9.17) is 9.72 Å². The van der Waals surface area contributed by atoms with Crippen molar-refractivity contribution in [1.82, 2.24) is 15.3 Å². The Bertz CT molecular complexity index is 821. The molecule has 1 aliphatic heterocycles. The van der Waals surface area contributed by atoms with Crippen LogP contribution in [0.3, 0.4) is 0 Å². The van der Waals surface area contributed by atoms with Crippen LogP contribution in [0.2, 0.25) is 0 Å². The Morgan fingerprint density at radius 3 is 2.64 bits per heavy atom. The molecule has 0 radical (unpaired) electrons. The SMILES string of the molecule is Cc1ccc(-c2sc(N3C[C@@H](C)O[C@@H](C)C3)nc2CNC(=O)C2CCC2)cn1. The van der Waals surface area contributed by atoms with Crippen molar-refractivity contribution in [2.24, 2.45) is 5.92 Å². The van der Waals surface area contributed by atoms with Gasteiger partial charge in [0.1, 0.15) is 0 Å². The molecule has 0 bridgehead atoms. The number of pyridine rings is 1. The standard InChI is InChI=1S/C21H28N4O2S/c1-13-7-8-17(9-22-13)19-18(10-23-20(26)16-5-4-6-16)24-21(28-19)25-11-14(2)27-15(3)12-25/h7-9,14-16H,4-6,10-12H2,1-3H3,(H,23,26)/t14-,15+. The molecule has 0 spiro atoms. The Balaban J connectivity index is 1.59. The number of aryl methyl sites for hydroxylation is 1. The first-order valence-electron chi connectivity index (χ1n) is 10.1. The highest BCUT2D eigenvalue weighted by Gasteiger charge is 2.28. The third kappa shape index (κ3) is 4.20. The van der Waals surface area contributed by atoms with E-state index in [0.717, 1.165) is 59.3 Å². The van der Waals surface area contributed by atoms with Gasteiger partial charge in [0, 0.05) is 36.5 Å². The van der Waals surface area contributed by atoms with Crippen molar-refractivity contribution in [1.29, 1.82) is 0 Å². The van der Waals surface area contributed by atoms with Crippen molar-refractivity contribution in [2.75, 3.05) is 18.0 Å². The third-order valence-electron chi connectivity index (χ3n) is 5.46. The van der Waals surface area contributed by atoms with Crippen molar-refractivity contribution >= 4 is 22.4 Å². The minimum atomic E-state index is 0.155. The van der Waals surface area contributed by atoms with E-state index in [1.807, 2.05) is 19.2 Å². The minimum absolute atomic E-state index is 0.155. The summed E-state index contributed by atoms with van der Waals surface area (Å²) in [6.07, 6.45) is 5.43. The van der Waals surface area contributed by atoms with Crippen LogP contribution in [0.4, 0.5) is 5.13 Å². The molecule has 0 aromatic carbocycles. The molecule has 28 heavy (non-hydrogen) atoms. The number of ether oxygens (including phenoxy) is 1. The van der Waals surface area contributed by atoms with Crippen molar-refractivity contribution in [3.8, 4) is 10.4 Å². The summed E-state index contributed by atoms with van der Waals surface area (Å²) in [6, 6.07) is 4.10. The molecule has 150 valence electrons. The van der Waals surface area contributed by atoms with Gasteiger partial charge in [-0.25, -0.2) is 4.98 Å². The smallest absolute Gasteiger partial charge is 0.223 e. The van der Waals surface area contributed by atoms with E-state index in [1.54, 1.807) is 11.3 Å². The second kappa shape index (κ2) is 8.17. The monoisotopic (exact) mass is 400 g/mol. The normalized spacial score (nSPS) is 22.8. The van der Waals surface area contributed by atoms with E-state index in [0.29, 0.717) is 6.54 Å². The number of nitrogens with one attached hydrogen (secondary N) is 1. The molecule has 0 unspecified atom stereocenters. The molecule has 2 aromatic heterocycles. The van der Waals surface area contributed by atoms with Gasteiger partial charge in [-0.1, -0.05) is 23.8 Å². The number of carbonyl (C=O) groups is 1. The lowest BCUT2D eigenvalue weighted by Crippen LogP contribution is -2.45. The molecular weight excluding hydrogens is 372 g/mol. The van der Waals surface area contributed by atoms with Crippen LogP contribution in [0.15, 0.2) is 18.3 Å². The number of anilines is 1. The zero-order valence-electron chi connectivity index (χ0n) is 16.8. The first-order chi connectivity index (χ1) is 13.5. The van der Waals surface area contributed by atoms with Gasteiger partial charge in [-0.05, 0) is 39.7 Å². The second-order valence-corrected chi connectivity index (χ2v) is 8.95. The molecule has 1 N–H and O–H groups in total. The van der Waals surface area contributed by atoms with Crippen LogP contribution < -0.4 is 10.2 Å². The van der Waals surface area contributed by atoms with Gasteiger partial charge in [0.2, 0.25) is 5.91 Å². The maximum absolute atomic E-state index is 12.3. The summed E-state index contributed by atoms with van der Waals surface area (Å²) in [5.41, 5.74) is 2.96. The Kier molecular flexibility index (Phi) is 5.64. The molecule has 6 nitrogen and oxygen atoms in total. The molecule has 7 heteroatoms. The highest BCUT2D eigenvalue weighted by molar-refractivity contribution is 7.19. The average Bonchev–Trinajstić information content (AvgIpc) is 3.02. The maximum Gasteiger partial charge on any atom is 0.223 e. The predicted octanol–water partition coefficient (Wildman–Crippen LogP) is 3.54. The van der Waals surface area contributed by atoms with Gasteiger partial charge in [-0.3, -0.25) is 9.78 Å². The molecule has 1 saturated heterocycles. The Hall–Kier alpha value is -1.99. The minimum Gasteiger partial charge on any atom is -0.372 e. The lowest BCUT2D eigenvalue weighted by atomic mass is 9.85. The number of aromatic nitrogens is 2. The van der Waals surface area contributed by atoms with Gasteiger partial charge < -0.3 is 15.0 Å². The molecule has 2 aliphatic rings. The highest BCUT2D eigenvalue weighted by atomic mass is 32.1. The first kappa shape index (κ1) is 19.3. The van der Waals surface area contributed by atoms with Crippen LogP contribution >= 0.6 is 11.3 Å². The summed E-state index contributed by atoms with van der Waals surface area (Å²) in [5.74, 6) is 0.339. The fraction of sp³-hybridized carbons (Fsp3) is 0.571. The second-order valence-electron chi connectivity index (χ2n) is 7.97. The number of hydrogen-bond donors (Lipinski definition) is 1. The van der Waals surface area contributed by atoms with Crippen LogP contribution in [-0.4, -0.2) is 41.2 Å². The molecule has 1 aliphatic carbocycles. The topological polar surface area (TPSA) is 67.3 Å². The summed E-state index contributed by atoms with van der Waals surface area (Å²) < 4.78 is 5.86. The number of rotatable bonds is 5. The molecule has 1 amide bonds. The van der Waals surface area contributed by atoms with Crippen molar-refractivity contribution in [3.63, 3.8) is 0 Å². The Morgan fingerprint density at radius 2 is 2.04 bits per heavy atom. The van der Waals surface area contributed by atoms with Crippen LogP contribution in [0, 0.1) is 12.8 Å². The average molecular weight is 401 g/mol. The number of amides is 1. The summed E-state index contributed by atoms with van der Waals surface area (Å²) >= 11 is 1.68. The van der Waals surface area contributed by atoms with Crippen molar-refractivity contribution in [3.05, 3.63) is 29.7 Å². The maximum atomic E-state index is 12.3. The number of thiazole rings is 1. The number of hydrogen-bond acceptors (Lipinski definition) is 6.